The third-order valence-electron chi connectivity index (χ3n) is 4.37. The van der Waals surface area contributed by atoms with Crippen LogP contribution in [-0.4, -0.2) is 22.8 Å². The third kappa shape index (κ3) is 2.72. The number of carbonyl (C=O) groups is 1. The number of hydrogen-bond acceptors (Lipinski definition) is 2. The summed E-state index contributed by atoms with van der Waals surface area (Å²) < 4.78 is 0. The number of allylic oxidation sites excluding steroid dienone is 1. The van der Waals surface area contributed by atoms with Crippen LogP contribution in [0.4, 0.5) is 0 Å². The SMILES string of the molecule is CCCCN1C=CC(=O)CC12CCCC(C)C2. The van der Waals surface area contributed by atoms with Gasteiger partial charge in [-0.15, -0.1) is 0 Å². The van der Waals surface area contributed by atoms with Gasteiger partial charge in [-0.25, -0.2) is 0 Å². The third-order valence-corrected chi connectivity index (χ3v) is 4.37. The average molecular weight is 235 g/mol. The van der Waals surface area contributed by atoms with Crippen molar-refractivity contribution in [2.45, 2.75) is 64.3 Å². The first-order valence-corrected chi connectivity index (χ1v) is 7.14. The Bertz CT molecular complexity index is 310. The van der Waals surface area contributed by atoms with E-state index < -0.39 is 0 Å². The smallest absolute Gasteiger partial charge is 0.159 e. The molecule has 2 aliphatic rings. The van der Waals surface area contributed by atoms with E-state index >= 15 is 0 Å². The van der Waals surface area contributed by atoms with Gasteiger partial charge in [0.25, 0.3) is 0 Å². The van der Waals surface area contributed by atoms with E-state index in [-0.39, 0.29) is 5.54 Å². The molecule has 2 unspecified atom stereocenters. The molecule has 2 rings (SSSR count). The van der Waals surface area contributed by atoms with E-state index in [1.54, 1.807) is 6.08 Å². The van der Waals surface area contributed by atoms with Gasteiger partial charge in [-0.3, -0.25) is 4.79 Å². The molecule has 1 aliphatic heterocycles. The summed E-state index contributed by atoms with van der Waals surface area (Å²) >= 11 is 0. The summed E-state index contributed by atoms with van der Waals surface area (Å²) in [7, 11) is 0. The number of hydrogen-bond donors (Lipinski definition) is 0. The van der Waals surface area contributed by atoms with Gasteiger partial charge in [0.2, 0.25) is 0 Å². The van der Waals surface area contributed by atoms with E-state index in [4.69, 9.17) is 0 Å². The Labute approximate surface area is 105 Å². The minimum Gasteiger partial charge on any atom is -0.371 e. The second kappa shape index (κ2) is 5.24. The van der Waals surface area contributed by atoms with Crippen molar-refractivity contribution in [1.82, 2.24) is 4.90 Å². The van der Waals surface area contributed by atoms with Crippen LogP contribution >= 0.6 is 0 Å². The number of nitrogens with zero attached hydrogens (tertiary/aromatic N) is 1. The predicted molar refractivity (Wildman–Crippen MR) is 70.7 cm³/mol. The van der Waals surface area contributed by atoms with Crippen LogP contribution in [-0.2, 0) is 4.79 Å². The first kappa shape index (κ1) is 12.7. The molecule has 17 heavy (non-hydrogen) atoms. The van der Waals surface area contributed by atoms with Crippen LogP contribution in [0.25, 0.3) is 0 Å². The Morgan fingerprint density at radius 2 is 2.35 bits per heavy atom. The average Bonchev–Trinajstić information content (AvgIpc) is 2.28. The topological polar surface area (TPSA) is 20.3 Å². The molecule has 1 saturated carbocycles. The highest BCUT2D eigenvalue weighted by Crippen LogP contribution is 2.41. The lowest BCUT2D eigenvalue weighted by Crippen LogP contribution is -2.52. The molecule has 1 spiro atoms. The van der Waals surface area contributed by atoms with E-state index in [0.717, 1.165) is 18.9 Å². The highest BCUT2D eigenvalue weighted by molar-refractivity contribution is 5.91. The van der Waals surface area contributed by atoms with E-state index in [1.807, 2.05) is 0 Å². The maximum Gasteiger partial charge on any atom is 0.159 e. The standard InChI is InChI=1S/C15H25NO/c1-3-4-9-16-10-7-14(17)12-15(16)8-5-6-13(2)11-15/h7,10,13H,3-6,8-9,11-12H2,1-2H3. The molecule has 0 aromatic carbocycles. The molecule has 0 aromatic heterocycles. The van der Waals surface area contributed by atoms with Gasteiger partial charge in [0.15, 0.2) is 5.78 Å². The molecule has 0 amide bonds. The van der Waals surface area contributed by atoms with Crippen molar-refractivity contribution in [3.05, 3.63) is 12.3 Å². The number of carbonyl (C=O) groups excluding carboxylic acids is 1. The molecule has 0 bridgehead atoms. The van der Waals surface area contributed by atoms with Crippen LogP contribution in [0.5, 0.6) is 0 Å². The van der Waals surface area contributed by atoms with Gasteiger partial charge in [-0.1, -0.05) is 33.1 Å². The first-order valence-electron chi connectivity index (χ1n) is 7.14. The summed E-state index contributed by atoms with van der Waals surface area (Å²) in [4.78, 5) is 14.2. The molecule has 1 heterocycles. The van der Waals surface area contributed by atoms with E-state index in [0.29, 0.717) is 5.78 Å². The van der Waals surface area contributed by atoms with Crippen molar-refractivity contribution in [3.8, 4) is 0 Å². The number of ketones is 1. The molecule has 0 saturated heterocycles. The van der Waals surface area contributed by atoms with Crippen molar-refractivity contribution in [2.75, 3.05) is 6.54 Å². The Kier molecular flexibility index (Phi) is 3.90. The Morgan fingerprint density at radius 3 is 3.06 bits per heavy atom. The highest BCUT2D eigenvalue weighted by Gasteiger charge is 2.41. The number of unbranched alkanes of at least 4 members (excludes halogenated alkanes) is 1. The molecule has 0 N–H and O–H groups in total. The van der Waals surface area contributed by atoms with E-state index in [2.05, 4.69) is 24.9 Å². The zero-order chi connectivity index (χ0) is 12.3. The van der Waals surface area contributed by atoms with Gasteiger partial charge >= 0.3 is 0 Å². The quantitative estimate of drug-likeness (QED) is 0.746. The van der Waals surface area contributed by atoms with Crippen molar-refractivity contribution in [1.29, 1.82) is 0 Å². The van der Waals surface area contributed by atoms with Gasteiger partial charge in [0, 0.05) is 24.7 Å². The summed E-state index contributed by atoms with van der Waals surface area (Å²) in [5, 5.41) is 0. The molecule has 96 valence electrons. The monoisotopic (exact) mass is 235 g/mol. The fourth-order valence-corrected chi connectivity index (χ4v) is 3.51. The molecule has 2 nitrogen and oxygen atoms in total. The molecule has 2 heteroatoms. The van der Waals surface area contributed by atoms with Gasteiger partial charge in [-0.2, -0.15) is 0 Å². The van der Waals surface area contributed by atoms with Crippen LogP contribution in [0.15, 0.2) is 12.3 Å². The Hall–Kier alpha value is -0.790. The lowest BCUT2D eigenvalue weighted by atomic mass is 9.71. The Morgan fingerprint density at radius 1 is 1.53 bits per heavy atom. The lowest BCUT2D eigenvalue weighted by Gasteiger charge is -2.49. The highest BCUT2D eigenvalue weighted by atomic mass is 16.1. The minimum absolute atomic E-state index is 0.165. The molecular weight excluding hydrogens is 210 g/mol. The van der Waals surface area contributed by atoms with Gasteiger partial charge in [-0.05, 0) is 31.3 Å². The normalized spacial score (nSPS) is 33.4. The minimum atomic E-state index is 0.165. The summed E-state index contributed by atoms with van der Waals surface area (Å²) in [6.07, 6.45) is 12.1. The molecule has 0 aromatic rings. The van der Waals surface area contributed by atoms with Crippen LogP contribution in [0.3, 0.4) is 0 Å². The predicted octanol–water partition coefficient (Wildman–Crippen LogP) is 3.52. The van der Waals surface area contributed by atoms with Crippen molar-refractivity contribution in [2.24, 2.45) is 5.92 Å². The first-order chi connectivity index (χ1) is 8.16. The maximum atomic E-state index is 11.7. The summed E-state index contributed by atoms with van der Waals surface area (Å²) in [6, 6.07) is 0. The van der Waals surface area contributed by atoms with Crippen LogP contribution < -0.4 is 0 Å². The maximum absolute atomic E-state index is 11.7. The molecule has 2 atom stereocenters. The largest absolute Gasteiger partial charge is 0.371 e. The van der Waals surface area contributed by atoms with E-state index in [9.17, 15) is 4.79 Å². The second-order valence-electron chi connectivity index (χ2n) is 5.93. The fourth-order valence-electron chi connectivity index (χ4n) is 3.51. The zero-order valence-electron chi connectivity index (χ0n) is 11.2. The van der Waals surface area contributed by atoms with E-state index in [1.165, 1.54) is 38.5 Å². The van der Waals surface area contributed by atoms with Gasteiger partial charge in [0.1, 0.15) is 0 Å². The Balaban J connectivity index is 2.14. The summed E-state index contributed by atoms with van der Waals surface area (Å²) in [5.41, 5.74) is 0.165. The zero-order valence-corrected chi connectivity index (χ0v) is 11.2. The van der Waals surface area contributed by atoms with Gasteiger partial charge < -0.3 is 4.90 Å². The lowest BCUT2D eigenvalue weighted by molar-refractivity contribution is -0.119. The van der Waals surface area contributed by atoms with Crippen LogP contribution in [0, 0.1) is 5.92 Å². The number of rotatable bonds is 3. The molecule has 1 aliphatic carbocycles. The van der Waals surface area contributed by atoms with Crippen molar-refractivity contribution in [3.63, 3.8) is 0 Å². The summed E-state index contributed by atoms with van der Waals surface area (Å²) in [6.45, 7) is 5.68. The molecular formula is C15H25NO. The summed E-state index contributed by atoms with van der Waals surface area (Å²) in [5.74, 6) is 1.10. The molecule has 1 fully saturated rings. The van der Waals surface area contributed by atoms with Crippen molar-refractivity contribution < 1.29 is 4.79 Å². The fraction of sp³-hybridized carbons (Fsp3) is 0.800. The van der Waals surface area contributed by atoms with Crippen molar-refractivity contribution >= 4 is 5.78 Å². The second-order valence-corrected chi connectivity index (χ2v) is 5.93. The van der Waals surface area contributed by atoms with Crippen LogP contribution in [0.2, 0.25) is 0 Å². The van der Waals surface area contributed by atoms with Crippen LogP contribution in [0.1, 0.15) is 58.8 Å². The molecule has 0 radical (unpaired) electrons. The van der Waals surface area contributed by atoms with Gasteiger partial charge in [0.05, 0.1) is 0 Å².